The van der Waals surface area contributed by atoms with Crippen LogP contribution in [0.5, 0.6) is 34.9 Å². The molecule has 16 rings (SSSR count). The van der Waals surface area contributed by atoms with E-state index in [9.17, 15) is 46.3 Å². The van der Waals surface area contributed by atoms with Crippen molar-refractivity contribution < 1.29 is 122 Å². The van der Waals surface area contributed by atoms with E-state index in [4.69, 9.17) is 70.9 Å². The van der Waals surface area contributed by atoms with Gasteiger partial charge in [0.2, 0.25) is 17.6 Å². The molecule has 14 heterocycles. The molecule has 5 aliphatic rings. The van der Waals surface area contributed by atoms with Crippen LogP contribution in [0.1, 0.15) is 241 Å². The van der Waals surface area contributed by atoms with E-state index in [0.29, 0.717) is 152 Å². The first-order chi connectivity index (χ1) is 66.6. The van der Waals surface area contributed by atoms with Crippen molar-refractivity contribution >= 4 is 72.2 Å². The van der Waals surface area contributed by atoms with Gasteiger partial charge in [0.15, 0.2) is 35.2 Å². The number of benzene rings is 2. The molecule has 5 saturated heterocycles. The van der Waals surface area contributed by atoms with Gasteiger partial charge in [-0.25, -0.2) is 70.4 Å². The van der Waals surface area contributed by atoms with Crippen LogP contribution in [-0.4, -0.2) is 222 Å². The first-order valence-corrected chi connectivity index (χ1v) is 45.5. The summed E-state index contributed by atoms with van der Waals surface area (Å²) in [6, 6.07) is 21.2. The number of H-pyrrole nitrogens is 2. The van der Waals surface area contributed by atoms with E-state index in [1.54, 1.807) is 115 Å². The lowest BCUT2D eigenvalue weighted by molar-refractivity contribution is -0.0397. The van der Waals surface area contributed by atoms with Gasteiger partial charge in [-0.15, -0.1) is 12.4 Å². The largest absolute Gasteiger partial charge is 0.514 e. The van der Waals surface area contributed by atoms with Gasteiger partial charge in [0.05, 0.1) is 118 Å². The molecule has 0 spiro atoms. The third-order valence-corrected chi connectivity index (χ3v) is 21.9. The Bertz CT molecular complexity index is 5780. The molecule has 11 aromatic rings. The number of esters is 4. The number of pyridine rings is 3. The quantitative estimate of drug-likeness (QED) is 0.0146. The smallest absolute Gasteiger partial charge is 0.496 e. The normalized spacial score (nSPS) is 16.6. The number of para-hydroxylation sites is 2. The lowest BCUT2D eigenvalue weighted by atomic mass is 9.84. The van der Waals surface area contributed by atoms with Gasteiger partial charge < -0.3 is 86.3 Å². The predicted molar refractivity (Wildman–Crippen MR) is 500 cm³/mol. The van der Waals surface area contributed by atoms with Gasteiger partial charge in [0, 0.05) is 75.6 Å². The summed E-state index contributed by atoms with van der Waals surface area (Å²) >= 11 is 0. The zero-order valence-corrected chi connectivity index (χ0v) is 80.7. The number of aromatic amines is 2. The van der Waals surface area contributed by atoms with Crippen LogP contribution in [0.2, 0.25) is 0 Å². The van der Waals surface area contributed by atoms with Gasteiger partial charge in [-0.3, -0.25) is 19.8 Å². The standard InChI is InChI=1S/C23H24F2N4O4.C19H25N3O5.C18H16F2N4O3.C17H27BN2O5.C11H16N2O3.C6H8N2O2.ClH/c1-3-32-20-12-19(31-2)14(13-26-20)18-11-17(28-29(18)21-9-4-5-10-33-21)23(30)27-22-15(24)7-6-8-16(22)25;1-4-25-17-11-16(24-3)13(12-20-17)15-10-14(19(23)26-5-2)21-22(15)18-8-6-7-9-27-18;1-3-27-16-8-15(26-2)10(9-21-16)13-7-14(24-23-13)18(25)22-17-11(19)5-4-6-12(17)20;1-6-22-15(21)12-11-13(18-24-16(2,3)17(4,5)25-18)20(19-12)14-9-7-8-10-23-14;1-2-15-11(14)9-6-7-13(12-9)10-5-3-4-8-16-10;1-2-10-6(9)5-3-4-7-8-5;/h6-8,11-13,21H,3-5,9-10H2,1-2H3,(H,27,30);10-12,18H,4-9H2,1-3H3;4-9H,3H2,1-2H3,(H,22,25)(H,23,24);11,14H,6-10H2,1-5H3;6-7,10H,2-5,8H2,1H3;3-4H,2H2,1H3,(H,7,8);1H. The summed E-state index contributed by atoms with van der Waals surface area (Å²) in [6.45, 7) is 26.1. The fourth-order valence-electron chi connectivity index (χ4n) is 14.4. The number of rotatable bonds is 29. The Balaban J connectivity index is 0.000000176. The van der Waals surface area contributed by atoms with Crippen LogP contribution in [-0.2, 0) is 47.2 Å². The van der Waals surface area contributed by atoms with Crippen molar-refractivity contribution in [3.05, 3.63) is 179 Å². The molecule has 139 heavy (non-hydrogen) atoms. The monoisotopic (exact) mass is 1960 g/mol. The van der Waals surface area contributed by atoms with Gasteiger partial charge in [0.1, 0.15) is 75.7 Å². The third kappa shape index (κ3) is 28.4. The number of hydrogen-bond acceptors (Lipinski definition) is 31. The lowest BCUT2D eigenvalue weighted by Gasteiger charge is -2.32. The second kappa shape index (κ2) is 52.4. The van der Waals surface area contributed by atoms with Crippen LogP contribution in [0.15, 0.2) is 122 Å². The van der Waals surface area contributed by atoms with Crippen molar-refractivity contribution in [3.8, 4) is 68.7 Å². The van der Waals surface area contributed by atoms with Gasteiger partial charge in [-0.2, -0.15) is 30.6 Å². The van der Waals surface area contributed by atoms with E-state index in [0.717, 1.165) is 102 Å². The maximum atomic E-state index is 14.0. The molecule has 39 nitrogen and oxygen atoms in total. The number of carbonyl (C=O) groups is 6. The number of aromatic nitrogens is 15. The number of nitrogens with zero attached hydrogens (tertiary/aromatic N) is 13. The van der Waals surface area contributed by atoms with E-state index in [1.807, 2.05) is 48.5 Å². The molecular weight excluding hydrogens is 1840 g/mol. The second-order valence-corrected chi connectivity index (χ2v) is 31.8. The second-order valence-electron chi connectivity index (χ2n) is 31.8. The van der Waals surface area contributed by atoms with Crippen molar-refractivity contribution in [2.75, 3.05) is 105 Å². The van der Waals surface area contributed by atoms with Crippen molar-refractivity contribution in [2.45, 2.75) is 189 Å². The fourth-order valence-corrected chi connectivity index (χ4v) is 14.4. The molecule has 0 radical (unpaired) electrons. The van der Waals surface area contributed by atoms with Crippen LogP contribution in [0.3, 0.4) is 0 Å². The number of nitrogens with one attached hydrogen (secondary N) is 4. The number of anilines is 2. The topological polar surface area (TPSA) is 441 Å². The van der Waals surface area contributed by atoms with Gasteiger partial charge >= 0.3 is 31.0 Å². The molecule has 0 aliphatic carbocycles. The maximum absolute atomic E-state index is 14.0. The molecule has 45 heteroatoms. The summed E-state index contributed by atoms with van der Waals surface area (Å²) in [5.74, 6) is -3.89. The zero-order chi connectivity index (χ0) is 99.0. The molecule has 748 valence electrons. The number of halogens is 5. The molecule has 9 aromatic heterocycles. The van der Waals surface area contributed by atoms with Crippen LogP contribution in [0.4, 0.5) is 28.9 Å². The molecule has 5 aliphatic heterocycles. The lowest BCUT2D eigenvalue weighted by Crippen LogP contribution is -2.42. The Hall–Kier alpha value is -13.4. The summed E-state index contributed by atoms with van der Waals surface area (Å²) in [4.78, 5) is 84.5. The molecule has 0 bridgehead atoms. The fraction of sp³-hybridized carbons (Fsp3) is 0.457. The molecule has 0 saturated carbocycles. The summed E-state index contributed by atoms with van der Waals surface area (Å²) in [5, 5.41) is 34.6. The van der Waals surface area contributed by atoms with Crippen molar-refractivity contribution in [3.63, 3.8) is 0 Å². The summed E-state index contributed by atoms with van der Waals surface area (Å²) in [7, 11) is 3.97. The van der Waals surface area contributed by atoms with E-state index in [1.165, 1.54) is 50.9 Å². The minimum Gasteiger partial charge on any atom is -0.496 e. The average molecular weight is 1960 g/mol. The highest BCUT2D eigenvalue weighted by atomic mass is 35.5. The van der Waals surface area contributed by atoms with E-state index in [-0.39, 0.29) is 72.4 Å². The van der Waals surface area contributed by atoms with E-state index < -0.39 is 82.9 Å². The molecule has 4 unspecified atom stereocenters. The van der Waals surface area contributed by atoms with Crippen molar-refractivity contribution in [1.82, 2.24) is 74.5 Å². The molecule has 5 fully saturated rings. The number of amides is 2. The molecule has 2 amide bonds. The SMILES string of the molecule is CCOC(=O)c1cc(-c2cnc(OCC)cc2OC)n(C2CCCCO2)n1.CCOC(=O)c1cc(B2OC(C)(C)C(C)(C)O2)n(C2CCCCO2)n1.CCOC(=O)c1ccn(C2CCCCO2)n1.CCOC(=O)c1ccn[nH]1.CCOc1cc(OC)c(-c2cc(C(=O)Nc3c(F)cccc3F)[nH]n2)cn1.CCOc1cc(OC)c(-c2cc(C(=O)Nc3c(F)cccc3F)nn2C2CCCCO2)cn1.Cl. The Morgan fingerprint density at radius 2 is 0.835 bits per heavy atom. The molecule has 4 atom stereocenters. The number of methoxy groups -OCH3 is 3. The molecule has 4 N–H and O–H groups in total. The van der Waals surface area contributed by atoms with Crippen molar-refractivity contribution in [1.29, 1.82) is 0 Å². The minimum atomic E-state index is -0.879. The number of carbonyl (C=O) groups excluding carboxylic acids is 6. The maximum Gasteiger partial charge on any atom is 0.514 e. The minimum absolute atomic E-state index is 0. The zero-order valence-electron chi connectivity index (χ0n) is 79.9. The van der Waals surface area contributed by atoms with E-state index >= 15 is 0 Å². The summed E-state index contributed by atoms with van der Waals surface area (Å²) < 4.78 is 150. The first-order valence-electron chi connectivity index (χ1n) is 45.5. The van der Waals surface area contributed by atoms with Crippen LogP contribution in [0.25, 0.3) is 33.8 Å². The average Bonchev–Trinajstić information content (AvgIpc) is 1.60. The first kappa shape index (κ1) is 108. The van der Waals surface area contributed by atoms with E-state index in [2.05, 4.69) is 71.1 Å². The van der Waals surface area contributed by atoms with Gasteiger partial charge in [-0.05, 0) is 214 Å². The van der Waals surface area contributed by atoms with Gasteiger partial charge in [-0.1, -0.05) is 12.1 Å². The van der Waals surface area contributed by atoms with Crippen LogP contribution >= 0.6 is 12.4 Å². The van der Waals surface area contributed by atoms with Crippen LogP contribution in [0, 0.1) is 23.3 Å². The Morgan fingerprint density at radius 1 is 0.439 bits per heavy atom. The number of ether oxygens (including phenoxy) is 14. The summed E-state index contributed by atoms with van der Waals surface area (Å²) in [6.07, 6.45) is 18.7. The van der Waals surface area contributed by atoms with Crippen molar-refractivity contribution in [2.24, 2.45) is 0 Å². The highest BCUT2D eigenvalue weighted by Crippen LogP contribution is 2.41. The molecule has 2 aromatic carbocycles. The highest BCUT2D eigenvalue weighted by Gasteiger charge is 2.54. The third-order valence-electron chi connectivity index (χ3n) is 21.9. The Morgan fingerprint density at radius 3 is 1.26 bits per heavy atom. The molecular formula is C94H117BClF4N17O22. The number of hydrogen-bond donors (Lipinski definition) is 4. The predicted octanol–water partition coefficient (Wildman–Crippen LogP) is 16.0. The van der Waals surface area contributed by atoms with Gasteiger partial charge in [0.25, 0.3) is 11.8 Å². The Labute approximate surface area is 806 Å². The summed E-state index contributed by atoms with van der Waals surface area (Å²) in [5.41, 5.74) is 3.28. The van der Waals surface area contributed by atoms with Crippen LogP contribution < -0.4 is 44.6 Å². The Kier molecular flexibility index (Phi) is 40.6. The highest BCUT2D eigenvalue weighted by molar-refractivity contribution is 6.61.